The molecule has 0 unspecified atom stereocenters. The second kappa shape index (κ2) is 11.9. The average Bonchev–Trinajstić information content (AvgIpc) is 2.81. The third-order valence-corrected chi connectivity index (χ3v) is 6.68. The quantitative estimate of drug-likeness (QED) is 0.392. The zero-order valence-corrected chi connectivity index (χ0v) is 25.3. The lowest BCUT2D eigenvalue weighted by Crippen LogP contribution is -2.35. The summed E-state index contributed by atoms with van der Waals surface area (Å²) in [6.45, 7) is 12.4. The molecule has 0 saturated heterocycles. The number of benzene rings is 1. The van der Waals surface area contributed by atoms with Gasteiger partial charge < -0.3 is 24.4 Å². The standard InChI is InChI=1S/C29H38BrN3O6/c1-28(2,3)38-26(36)24-22(30)10-11-23(31-24)33-14-12-19-15-18(16-20(25(34)35)21(19)17-33)9-8-13-32(7)27(37)39-29(4,5)6/h10-11,15-16H,8-9,12-14,17H2,1-7H3,(H,34,35). The number of carboxylic acid groups (broad SMARTS) is 1. The van der Waals surface area contributed by atoms with Crippen molar-refractivity contribution in [1.29, 1.82) is 0 Å². The summed E-state index contributed by atoms with van der Waals surface area (Å²) < 4.78 is 11.4. The van der Waals surface area contributed by atoms with E-state index in [0.29, 0.717) is 49.2 Å². The van der Waals surface area contributed by atoms with Crippen LogP contribution in [0.3, 0.4) is 0 Å². The van der Waals surface area contributed by atoms with Crippen LogP contribution in [-0.2, 0) is 28.9 Å². The number of aromatic carboxylic acids is 1. The van der Waals surface area contributed by atoms with Crippen LogP contribution >= 0.6 is 15.9 Å². The number of carboxylic acids is 1. The zero-order valence-electron chi connectivity index (χ0n) is 23.8. The number of hydrogen-bond donors (Lipinski definition) is 1. The molecule has 0 saturated carbocycles. The molecule has 1 aliphatic rings. The lowest BCUT2D eigenvalue weighted by Gasteiger charge is -2.31. The van der Waals surface area contributed by atoms with Crippen molar-refractivity contribution in [2.24, 2.45) is 0 Å². The van der Waals surface area contributed by atoms with Gasteiger partial charge >= 0.3 is 18.0 Å². The number of amides is 1. The number of nitrogens with zero attached hydrogens (tertiary/aromatic N) is 3. The molecule has 1 aliphatic heterocycles. The smallest absolute Gasteiger partial charge is 0.410 e. The molecule has 1 aromatic heterocycles. The lowest BCUT2D eigenvalue weighted by atomic mass is 9.91. The minimum atomic E-state index is -0.987. The molecule has 0 atom stereocenters. The molecule has 2 heterocycles. The van der Waals surface area contributed by atoms with Crippen molar-refractivity contribution in [2.75, 3.05) is 25.0 Å². The number of ether oxygens (including phenoxy) is 2. The van der Waals surface area contributed by atoms with Crippen molar-refractivity contribution in [3.63, 3.8) is 0 Å². The maximum absolute atomic E-state index is 12.7. The zero-order chi connectivity index (χ0) is 29.1. The molecule has 1 amide bonds. The number of carbonyl (C=O) groups excluding carboxylic acids is 2. The average molecular weight is 605 g/mol. The van der Waals surface area contributed by atoms with Crippen molar-refractivity contribution in [2.45, 2.75) is 78.6 Å². The van der Waals surface area contributed by atoms with Crippen LogP contribution in [0, 0.1) is 0 Å². The molecule has 0 aliphatic carbocycles. The van der Waals surface area contributed by atoms with Crippen LogP contribution < -0.4 is 4.90 Å². The van der Waals surface area contributed by atoms with Crippen molar-refractivity contribution in [1.82, 2.24) is 9.88 Å². The Morgan fingerprint density at radius 2 is 1.74 bits per heavy atom. The predicted molar refractivity (Wildman–Crippen MR) is 152 cm³/mol. The molecule has 3 rings (SSSR count). The molecule has 10 heteroatoms. The first kappa shape index (κ1) is 30.4. The summed E-state index contributed by atoms with van der Waals surface area (Å²) in [5.41, 5.74) is 1.88. The number of fused-ring (bicyclic) bond motifs is 1. The molecule has 0 bridgehead atoms. The number of rotatable bonds is 7. The van der Waals surface area contributed by atoms with E-state index in [-0.39, 0.29) is 17.4 Å². The summed E-state index contributed by atoms with van der Waals surface area (Å²) in [6.07, 6.45) is 1.57. The second-order valence-corrected chi connectivity index (χ2v) is 12.6. The first-order valence-electron chi connectivity index (χ1n) is 13.0. The van der Waals surface area contributed by atoms with Crippen LogP contribution in [0.15, 0.2) is 28.7 Å². The molecule has 1 aromatic carbocycles. The Bertz CT molecular complexity index is 1250. The monoisotopic (exact) mass is 603 g/mol. The van der Waals surface area contributed by atoms with Gasteiger partial charge in [-0.2, -0.15) is 0 Å². The van der Waals surface area contributed by atoms with Gasteiger partial charge in [0, 0.05) is 26.7 Å². The third kappa shape index (κ3) is 8.42. The van der Waals surface area contributed by atoms with Crippen molar-refractivity contribution in [3.8, 4) is 0 Å². The summed E-state index contributed by atoms with van der Waals surface area (Å²) in [7, 11) is 1.70. The lowest BCUT2D eigenvalue weighted by molar-refractivity contribution is 0.00610. The van der Waals surface area contributed by atoms with E-state index >= 15 is 0 Å². The Labute approximate surface area is 238 Å². The molecule has 2 aromatic rings. The molecule has 212 valence electrons. The summed E-state index contributed by atoms with van der Waals surface area (Å²) in [6, 6.07) is 7.35. The number of aromatic nitrogens is 1. The van der Waals surface area contributed by atoms with E-state index in [4.69, 9.17) is 9.47 Å². The van der Waals surface area contributed by atoms with E-state index in [0.717, 1.165) is 16.7 Å². The Balaban J connectivity index is 1.75. The van der Waals surface area contributed by atoms with Gasteiger partial charge in [-0.3, -0.25) is 0 Å². The highest BCUT2D eigenvalue weighted by Gasteiger charge is 2.27. The number of hydrogen-bond acceptors (Lipinski definition) is 7. The van der Waals surface area contributed by atoms with Gasteiger partial charge in [-0.1, -0.05) is 6.07 Å². The Morgan fingerprint density at radius 1 is 1.08 bits per heavy atom. The van der Waals surface area contributed by atoms with Crippen LogP contribution in [0.1, 0.15) is 85.5 Å². The minimum Gasteiger partial charge on any atom is -0.478 e. The van der Waals surface area contributed by atoms with Gasteiger partial charge in [0.25, 0.3) is 0 Å². The summed E-state index contributed by atoms with van der Waals surface area (Å²) in [5.74, 6) is -0.934. The number of anilines is 1. The molecule has 0 fully saturated rings. The molecule has 0 radical (unpaired) electrons. The number of aryl methyl sites for hydroxylation is 1. The van der Waals surface area contributed by atoms with Crippen molar-refractivity contribution in [3.05, 3.63) is 56.7 Å². The molecule has 39 heavy (non-hydrogen) atoms. The van der Waals surface area contributed by atoms with Crippen molar-refractivity contribution >= 4 is 39.8 Å². The highest BCUT2D eigenvalue weighted by atomic mass is 79.9. The normalized spacial score (nSPS) is 13.5. The summed E-state index contributed by atoms with van der Waals surface area (Å²) >= 11 is 3.39. The molecule has 9 nitrogen and oxygen atoms in total. The predicted octanol–water partition coefficient (Wildman–Crippen LogP) is 5.86. The minimum absolute atomic E-state index is 0.179. The fraction of sp³-hybridized carbons (Fsp3) is 0.517. The fourth-order valence-corrected chi connectivity index (χ4v) is 4.68. The third-order valence-electron chi connectivity index (χ3n) is 6.04. The highest BCUT2D eigenvalue weighted by molar-refractivity contribution is 9.10. The van der Waals surface area contributed by atoms with Gasteiger partial charge in [0.1, 0.15) is 17.0 Å². The highest BCUT2D eigenvalue weighted by Crippen LogP contribution is 2.30. The first-order chi connectivity index (χ1) is 18.0. The van der Waals surface area contributed by atoms with Gasteiger partial charge in [0.15, 0.2) is 5.69 Å². The Kier molecular flexibility index (Phi) is 9.31. The molecule has 1 N–H and O–H groups in total. The van der Waals surface area contributed by atoms with Gasteiger partial charge in [-0.15, -0.1) is 0 Å². The number of esters is 1. The first-order valence-corrected chi connectivity index (χ1v) is 13.8. The topological polar surface area (TPSA) is 109 Å². The van der Waals surface area contributed by atoms with Gasteiger partial charge in [-0.25, -0.2) is 19.4 Å². The SMILES string of the molecule is CN(CCCc1cc2c(c(C(=O)O)c1)CN(c1ccc(Br)c(C(=O)OC(C)(C)C)n1)CC2)C(=O)OC(C)(C)C. The Morgan fingerprint density at radius 3 is 2.36 bits per heavy atom. The van der Waals surface area contributed by atoms with E-state index in [1.807, 2.05) is 25.7 Å². The van der Waals surface area contributed by atoms with E-state index in [1.165, 1.54) is 4.90 Å². The number of carbonyl (C=O) groups is 3. The van der Waals surface area contributed by atoms with Crippen LogP contribution in [0.5, 0.6) is 0 Å². The maximum atomic E-state index is 12.7. The van der Waals surface area contributed by atoms with Gasteiger partial charge in [-0.05, 0) is 112 Å². The van der Waals surface area contributed by atoms with E-state index in [2.05, 4.69) is 27.0 Å². The second-order valence-electron chi connectivity index (χ2n) is 11.8. The van der Waals surface area contributed by atoms with Gasteiger partial charge in [0.2, 0.25) is 0 Å². The van der Waals surface area contributed by atoms with Crippen LogP contribution in [0.4, 0.5) is 10.6 Å². The maximum Gasteiger partial charge on any atom is 0.410 e. The fourth-order valence-electron chi connectivity index (χ4n) is 4.29. The van der Waals surface area contributed by atoms with Gasteiger partial charge in [0.05, 0.1) is 10.0 Å². The summed E-state index contributed by atoms with van der Waals surface area (Å²) in [5, 5.41) is 10.0. The number of pyridine rings is 1. The largest absolute Gasteiger partial charge is 0.478 e. The van der Waals surface area contributed by atoms with E-state index in [1.54, 1.807) is 46.0 Å². The van der Waals surface area contributed by atoms with Crippen LogP contribution in [-0.4, -0.2) is 64.4 Å². The van der Waals surface area contributed by atoms with E-state index < -0.39 is 23.1 Å². The Hall–Kier alpha value is -3.14. The molecular weight excluding hydrogens is 566 g/mol. The van der Waals surface area contributed by atoms with E-state index in [9.17, 15) is 19.5 Å². The van der Waals surface area contributed by atoms with Crippen molar-refractivity contribution < 1.29 is 29.0 Å². The van der Waals surface area contributed by atoms with Crippen LogP contribution in [0.25, 0.3) is 0 Å². The summed E-state index contributed by atoms with van der Waals surface area (Å²) in [4.78, 5) is 45.2. The molecular formula is C29H38BrN3O6. The molecule has 0 spiro atoms. The van der Waals surface area contributed by atoms with Crippen LogP contribution in [0.2, 0.25) is 0 Å². The number of halogens is 1.